The number of thioether (sulfide) groups is 1. The van der Waals surface area contributed by atoms with Crippen LogP contribution in [-0.2, 0) is 6.54 Å². The molecule has 2 heterocycles. The molecule has 118 valence electrons. The average Bonchev–Trinajstić information content (AvgIpc) is 3.01. The molecule has 4 nitrogen and oxygen atoms in total. The van der Waals surface area contributed by atoms with Crippen LogP contribution in [0.3, 0.4) is 0 Å². The van der Waals surface area contributed by atoms with Crippen LogP contribution in [0.5, 0.6) is 0 Å². The van der Waals surface area contributed by atoms with Crippen molar-refractivity contribution in [1.82, 2.24) is 14.5 Å². The fraction of sp³-hybridized carbons (Fsp3) is 0.176. The third-order valence-corrected chi connectivity index (χ3v) is 4.44. The standard InChI is InChI=1S/C17H16FN3OS/c18-14-6-4-13(5-7-14)16(22)12-23-17-20-9-10-21(17)11-15-3-1-2-8-19-15/h1-10,16,22H,11-12H2. The highest BCUT2D eigenvalue weighted by Crippen LogP contribution is 2.24. The lowest BCUT2D eigenvalue weighted by molar-refractivity contribution is 0.204. The predicted molar refractivity (Wildman–Crippen MR) is 87.6 cm³/mol. The van der Waals surface area contributed by atoms with Crippen molar-refractivity contribution in [2.45, 2.75) is 17.8 Å². The predicted octanol–water partition coefficient (Wildman–Crippen LogP) is 3.29. The summed E-state index contributed by atoms with van der Waals surface area (Å²) >= 11 is 1.46. The second-order valence-electron chi connectivity index (χ2n) is 5.04. The molecule has 0 aliphatic carbocycles. The number of aliphatic hydroxyl groups is 1. The Morgan fingerprint density at radius 2 is 1.91 bits per heavy atom. The molecular formula is C17H16FN3OS. The lowest BCUT2D eigenvalue weighted by Crippen LogP contribution is -2.05. The minimum Gasteiger partial charge on any atom is -0.388 e. The minimum atomic E-state index is -0.666. The fourth-order valence-electron chi connectivity index (χ4n) is 2.16. The summed E-state index contributed by atoms with van der Waals surface area (Å²) in [6.45, 7) is 0.635. The Labute approximate surface area is 138 Å². The number of aliphatic hydroxyl groups excluding tert-OH is 1. The van der Waals surface area contributed by atoms with Crippen LogP contribution >= 0.6 is 11.8 Å². The highest BCUT2D eigenvalue weighted by Gasteiger charge is 2.11. The zero-order valence-corrected chi connectivity index (χ0v) is 13.2. The number of benzene rings is 1. The maximum absolute atomic E-state index is 12.9. The van der Waals surface area contributed by atoms with E-state index in [-0.39, 0.29) is 5.82 Å². The summed E-state index contributed by atoms with van der Waals surface area (Å²) in [4.78, 5) is 8.62. The van der Waals surface area contributed by atoms with Crippen molar-refractivity contribution in [2.75, 3.05) is 5.75 Å². The Morgan fingerprint density at radius 3 is 2.65 bits per heavy atom. The van der Waals surface area contributed by atoms with Gasteiger partial charge < -0.3 is 9.67 Å². The summed E-state index contributed by atoms with van der Waals surface area (Å²) in [5, 5.41) is 11.0. The van der Waals surface area contributed by atoms with Gasteiger partial charge in [0.1, 0.15) is 5.82 Å². The quantitative estimate of drug-likeness (QED) is 0.705. The van der Waals surface area contributed by atoms with Crippen molar-refractivity contribution in [3.05, 3.63) is 78.1 Å². The molecule has 0 bridgehead atoms. The maximum atomic E-state index is 12.9. The molecule has 0 fully saturated rings. The van der Waals surface area contributed by atoms with Gasteiger partial charge in [0.25, 0.3) is 0 Å². The molecule has 0 spiro atoms. The van der Waals surface area contributed by atoms with E-state index in [1.165, 1.54) is 23.9 Å². The van der Waals surface area contributed by atoms with Gasteiger partial charge in [-0.1, -0.05) is 30.0 Å². The van der Waals surface area contributed by atoms with Crippen LogP contribution in [0.4, 0.5) is 4.39 Å². The van der Waals surface area contributed by atoms with Gasteiger partial charge in [0.15, 0.2) is 5.16 Å². The first-order valence-electron chi connectivity index (χ1n) is 7.20. The van der Waals surface area contributed by atoms with E-state index >= 15 is 0 Å². The smallest absolute Gasteiger partial charge is 0.168 e. The highest BCUT2D eigenvalue weighted by molar-refractivity contribution is 7.99. The first-order valence-corrected chi connectivity index (χ1v) is 8.18. The molecule has 0 saturated heterocycles. The first-order chi connectivity index (χ1) is 11.2. The second-order valence-corrected chi connectivity index (χ2v) is 6.02. The average molecular weight is 329 g/mol. The van der Waals surface area contributed by atoms with Crippen LogP contribution in [-0.4, -0.2) is 25.4 Å². The molecule has 3 rings (SSSR count). The number of rotatable bonds is 6. The minimum absolute atomic E-state index is 0.306. The zero-order chi connectivity index (χ0) is 16.1. The molecule has 0 radical (unpaired) electrons. The number of hydrogen-bond acceptors (Lipinski definition) is 4. The summed E-state index contributed by atoms with van der Waals surface area (Å²) < 4.78 is 14.9. The van der Waals surface area contributed by atoms with Crippen LogP contribution in [0.25, 0.3) is 0 Å². The van der Waals surface area contributed by atoms with E-state index in [4.69, 9.17) is 0 Å². The van der Waals surface area contributed by atoms with Crippen LogP contribution < -0.4 is 0 Å². The largest absolute Gasteiger partial charge is 0.388 e. The van der Waals surface area contributed by atoms with Crippen molar-refractivity contribution in [2.24, 2.45) is 0 Å². The zero-order valence-electron chi connectivity index (χ0n) is 12.3. The molecule has 3 aromatic rings. The Hall–Kier alpha value is -2.18. The van der Waals surface area contributed by atoms with Gasteiger partial charge >= 0.3 is 0 Å². The van der Waals surface area contributed by atoms with E-state index in [0.29, 0.717) is 17.9 Å². The number of hydrogen-bond donors (Lipinski definition) is 1. The molecule has 1 N–H and O–H groups in total. The molecule has 1 atom stereocenters. The third kappa shape index (κ3) is 4.18. The maximum Gasteiger partial charge on any atom is 0.168 e. The third-order valence-electron chi connectivity index (χ3n) is 3.36. The fourth-order valence-corrected chi connectivity index (χ4v) is 3.08. The number of imidazole rings is 1. The number of halogens is 1. The Bertz CT molecular complexity index is 746. The van der Waals surface area contributed by atoms with E-state index in [0.717, 1.165) is 10.9 Å². The van der Waals surface area contributed by atoms with Gasteiger partial charge in [-0.05, 0) is 29.8 Å². The van der Waals surface area contributed by atoms with Gasteiger partial charge in [-0.2, -0.15) is 0 Å². The van der Waals surface area contributed by atoms with Crippen molar-refractivity contribution in [1.29, 1.82) is 0 Å². The normalized spacial score (nSPS) is 12.3. The Kier molecular flexibility index (Phi) is 5.05. The van der Waals surface area contributed by atoms with Crippen LogP contribution in [0.1, 0.15) is 17.4 Å². The molecule has 0 amide bonds. The lowest BCUT2D eigenvalue weighted by atomic mass is 10.1. The number of pyridine rings is 1. The van der Waals surface area contributed by atoms with Crippen molar-refractivity contribution in [3.63, 3.8) is 0 Å². The Morgan fingerprint density at radius 1 is 1.09 bits per heavy atom. The van der Waals surface area contributed by atoms with Gasteiger partial charge in [-0.25, -0.2) is 9.37 Å². The molecule has 1 unspecified atom stereocenters. The summed E-state index contributed by atoms with van der Waals surface area (Å²) in [6.07, 6.45) is 4.72. The summed E-state index contributed by atoms with van der Waals surface area (Å²) in [5.74, 6) is 0.143. The molecule has 0 saturated carbocycles. The van der Waals surface area contributed by atoms with Crippen molar-refractivity contribution < 1.29 is 9.50 Å². The summed E-state index contributed by atoms with van der Waals surface area (Å²) in [5.41, 5.74) is 1.65. The van der Waals surface area contributed by atoms with Crippen LogP contribution in [0.2, 0.25) is 0 Å². The van der Waals surface area contributed by atoms with Crippen molar-refractivity contribution >= 4 is 11.8 Å². The molecule has 0 aliphatic heterocycles. The van der Waals surface area contributed by atoms with E-state index in [1.54, 1.807) is 24.5 Å². The Balaban J connectivity index is 1.62. The second kappa shape index (κ2) is 7.39. The molecule has 2 aromatic heterocycles. The van der Waals surface area contributed by atoms with Crippen LogP contribution in [0.15, 0.2) is 66.2 Å². The number of aromatic nitrogens is 3. The van der Waals surface area contributed by atoms with Gasteiger partial charge in [0.05, 0.1) is 18.3 Å². The van der Waals surface area contributed by atoms with E-state index in [2.05, 4.69) is 9.97 Å². The molecule has 1 aromatic carbocycles. The van der Waals surface area contributed by atoms with E-state index in [1.807, 2.05) is 29.0 Å². The van der Waals surface area contributed by atoms with Gasteiger partial charge in [0.2, 0.25) is 0 Å². The van der Waals surface area contributed by atoms with Crippen LogP contribution in [0, 0.1) is 5.82 Å². The molecule has 23 heavy (non-hydrogen) atoms. The highest BCUT2D eigenvalue weighted by atomic mass is 32.2. The molecule has 6 heteroatoms. The summed E-state index contributed by atoms with van der Waals surface area (Å²) in [7, 11) is 0. The van der Waals surface area contributed by atoms with Gasteiger partial charge in [0, 0.05) is 24.3 Å². The van der Waals surface area contributed by atoms with E-state index < -0.39 is 6.10 Å². The van der Waals surface area contributed by atoms with Gasteiger partial charge in [-0.3, -0.25) is 4.98 Å². The molecular weight excluding hydrogens is 313 g/mol. The first kappa shape index (κ1) is 15.7. The topological polar surface area (TPSA) is 50.9 Å². The lowest BCUT2D eigenvalue weighted by Gasteiger charge is -2.11. The monoisotopic (exact) mass is 329 g/mol. The van der Waals surface area contributed by atoms with E-state index in [9.17, 15) is 9.50 Å². The SMILES string of the molecule is OC(CSc1nccn1Cc1ccccn1)c1ccc(F)cc1. The van der Waals surface area contributed by atoms with Crippen molar-refractivity contribution in [3.8, 4) is 0 Å². The number of nitrogens with zero attached hydrogens (tertiary/aromatic N) is 3. The molecule has 0 aliphatic rings. The summed E-state index contributed by atoms with van der Waals surface area (Å²) in [6, 6.07) is 11.7. The van der Waals surface area contributed by atoms with Gasteiger partial charge in [-0.15, -0.1) is 0 Å².